The van der Waals surface area contributed by atoms with Gasteiger partial charge in [-0.2, -0.15) is 0 Å². The van der Waals surface area contributed by atoms with Crippen molar-refractivity contribution in [2.45, 2.75) is 79.2 Å². The number of carboxylic acid groups (broad SMARTS) is 2. The molecule has 0 aromatic rings. The van der Waals surface area contributed by atoms with E-state index in [0.717, 1.165) is 32.1 Å². The van der Waals surface area contributed by atoms with Crippen molar-refractivity contribution in [3.8, 4) is 0 Å². The number of unbranched alkanes of at least 4 members (excludes halogenated alkanes) is 1. The van der Waals surface area contributed by atoms with E-state index in [2.05, 4.69) is 20.8 Å². The number of aliphatic hydroxyl groups excluding tert-OH is 1. The number of aliphatic hydroxyl groups is 1. The van der Waals surface area contributed by atoms with E-state index in [-0.39, 0.29) is 11.5 Å². The Labute approximate surface area is 133 Å². The highest BCUT2D eigenvalue weighted by atomic mass is 16.4. The molecule has 2 aliphatic rings. The van der Waals surface area contributed by atoms with Crippen LogP contribution in [0.2, 0.25) is 0 Å². The maximum absolute atomic E-state index is 9.81. The Morgan fingerprint density at radius 1 is 1.18 bits per heavy atom. The van der Waals surface area contributed by atoms with E-state index in [0.29, 0.717) is 11.8 Å². The minimum absolute atomic E-state index is 0.0313. The first-order chi connectivity index (χ1) is 9.99. The van der Waals surface area contributed by atoms with Crippen molar-refractivity contribution in [1.29, 1.82) is 0 Å². The molecule has 5 nitrogen and oxygen atoms in total. The van der Waals surface area contributed by atoms with Crippen LogP contribution < -0.4 is 0 Å². The quantitative estimate of drug-likeness (QED) is 0.740. The number of carbonyl (C=O) groups is 2. The van der Waals surface area contributed by atoms with Crippen molar-refractivity contribution in [2.24, 2.45) is 16.7 Å². The zero-order valence-electron chi connectivity index (χ0n) is 14.6. The zero-order valence-corrected chi connectivity index (χ0v) is 14.6. The smallest absolute Gasteiger partial charge is 0.303 e. The van der Waals surface area contributed by atoms with Gasteiger partial charge in [0, 0.05) is 13.3 Å². The third-order valence-electron chi connectivity index (χ3n) is 5.49. The summed E-state index contributed by atoms with van der Waals surface area (Å²) < 4.78 is 0. The molecule has 3 atom stereocenters. The van der Waals surface area contributed by atoms with E-state index in [1.54, 1.807) is 0 Å². The number of hydrogen-bond acceptors (Lipinski definition) is 3. The van der Waals surface area contributed by atoms with Crippen molar-refractivity contribution in [2.75, 3.05) is 0 Å². The first-order valence-corrected chi connectivity index (χ1v) is 8.08. The number of rotatable bonds is 3. The van der Waals surface area contributed by atoms with Gasteiger partial charge in [0.15, 0.2) is 0 Å². The van der Waals surface area contributed by atoms with Gasteiger partial charge in [-0.1, -0.05) is 34.1 Å². The third kappa shape index (κ3) is 5.27. The van der Waals surface area contributed by atoms with Crippen LogP contribution in [0, 0.1) is 16.7 Å². The average Bonchev–Trinajstić information content (AvgIpc) is 2.69. The fraction of sp³-hybridized carbons (Fsp3) is 0.882. The van der Waals surface area contributed by atoms with Crippen LogP contribution in [0.3, 0.4) is 0 Å². The van der Waals surface area contributed by atoms with Crippen LogP contribution in [-0.4, -0.2) is 33.4 Å². The molecule has 0 radical (unpaired) electrons. The molecule has 2 bridgehead atoms. The monoisotopic (exact) mass is 316 g/mol. The molecule has 2 saturated carbocycles. The largest absolute Gasteiger partial charge is 0.481 e. The standard InChI is InChI=1S/C10H18O.C5H10O2.C2H4O2/c1-9(2)7-4-5-10(9,3)8(11)6-7;1-2-3-4-5(6)7;1-2(3)4/h7-8,11H,4-6H2,1-3H3;2-4H2,1H3,(H,6,7);1H3,(H,3,4). The Balaban J connectivity index is 0.000000348. The van der Waals surface area contributed by atoms with Gasteiger partial charge in [0.1, 0.15) is 0 Å². The minimum atomic E-state index is -0.833. The molecule has 0 aromatic carbocycles. The van der Waals surface area contributed by atoms with Crippen LogP contribution in [0.1, 0.15) is 73.1 Å². The Kier molecular flexibility index (Phi) is 8.09. The molecule has 2 fully saturated rings. The fourth-order valence-corrected chi connectivity index (χ4v) is 3.49. The van der Waals surface area contributed by atoms with Gasteiger partial charge >= 0.3 is 5.97 Å². The Morgan fingerprint density at radius 2 is 1.68 bits per heavy atom. The summed E-state index contributed by atoms with van der Waals surface area (Å²) in [6, 6.07) is 0. The van der Waals surface area contributed by atoms with E-state index in [9.17, 15) is 9.90 Å². The van der Waals surface area contributed by atoms with Crippen molar-refractivity contribution < 1.29 is 24.9 Å². The topological polar surface area (TPSA) is 94.8 Å². The van der Waals surface area contributed by atoms with Crippen molar-refractivity contribution >= 4 is 11.9 Å². The molecule has 0 heterocycles. The maximum Gasteiger partial charge on any atom is 0.303 e. The van der Waals surface area contributed by atoms with Crippen molar-refractivity contribution in [3.05, 3.63) is 0 Å². The van der Waals surface area contributed by atoms with Gasteiger partial charge in [-0.3, -0.25) is 9.59 Å². The SMILES string of the molecule is CC(=O)O.CC1(C)C2CCC1(C)C(O)C2.CCCCC(=O)O. The van der Waals surface area contributed by atoms with Gasteiger partial charge in [0.25, 0.3) is 5.97 Å². The number of carboxylic acids is 2. The van der Waals surface area contributed by atoms with Gasteiger partial charge in [-0.15, -0.1) is 0 Å². The first kappa shape index (κ1) is 20.9. The summed E-state index contributed by atoms with van der Waals surface area (Å²) in [6.07, 6.45) is 5.66. The van der Waals surface area contributed by atoms with E-state index in [1.807, 2.05) is 6.92 Å². The normalized spacial score (nSPS) is 30.6. The first-order valence-electron chi connectivity index (χ1n) is 8.08. The highest BCUT2D eigenvalue weighted by Crippen LogP contribution is 2.65. The summed E-state index contributed by atoms with van der Waals surface area (Å²) in [5.41, 5.74) is 0.601. The molecule has 22 heavy (non-hydrogen) atoms. The summed E-state index contributed by atoms with van der Waals surface area (Å²) in [5, 5.41) is 25.3. The second-order valence-electron chi connectivity index (χ2n) is 7.14. The lowest BCUT2D eigenvalue weighted by molar-refractivity contribution is -0.137. The van der Waals surface area contributed by atoms with Gasteiger partial charge in [-0.25, -0.2) is 0 Å². The molecule has 130 valence electrons. The molecular weight excluding hydrogens is 284 g/mol. The molecule has 0 spiro atoms. The molecule has 0 amide bonds. The van der Waals surface area contributed by atoms with E-state index in [1.165, 1.54) is 12.8 Å². The molecule has 3 unspecified atom stereocenters. The number of fused-ring (bicyclic) bond motifs is 2. The van der Waals surface area contributed by atoms with Crippen LogP contribution in [-0.2, 0) is 9.59 Å². The molecule has 2 aliphatic carbocycles. The predicted molar refractivity (Wildman–Crippen MR) is 85.7 cm³/mol. The van der Waals surface area contributed by atoms with Gasteiger partial charge < -0.3 is 15.3 Å². The summed E-state index contributed by atoms with van der Waals surface area (Å²) in [7, 11) is 0. The van der Waals surface area contributed by atoms with Gasteiger partial charge in [0.05, 0.1) is 6.10 Å². The Hall–Kier alpha value is -1.10. The van der Waals surface area contributed by atoms with Crippen LogP contribution >= 0.6 is 0 Å². The summed E-state index contributed by atoms with van der Waals surface area (Å²) in [6.45, 7) is 9.95. The van der Waals surface area contributed by atoms with Gasteiger partial charge in [-0.05, 0) is 42.4 Å². The van der Waals surface area contributed by atoms with Crippen molar-refractivity contribution in [1.82, 2.24) is 0 Å². The minimum Gasteiger partial charge on any atom is -0.481 e. The van der Waals surface area contributed by atoms with Crippen LogP contribution in [0.5, 0.6) is 0 Å². The maximum atomic E-state index is 9.81. The van der Waals surface area contributed by atoms with Crippen LogP contribution in [0.15, 0.2) is 0 Å². The molecule has 2 rings (SSSR count). The number of hydrogen-bond donors (Lipinski definition) is 3. The molecular formula is C17H32O5. The summed E-state index contributed by atoms with van der Waals surface area (Å²) >= 11 is 0. The van der Waals surface area contributed by atoms with E-state index >= 15 is 0 Å². The molecule has 0 saturated heterocycles. The lowest BCUT2D eigenvalue weighted by atomic mass is 9.70. The fourth-order valence-electron chi connectivity index (χ4n) is 3.49. The van der Waals surface area contributed by atoms with E-state index in [4.69, 9.17) is 15.0 Å². The second kappa shape index (κ2) is 8.51. The average molecular weight is 316 g/mol. The molecule has 5 heteroatoms. The highest BCUT2D eigenvalue weighted by molar-refractivity contribution is 5.66. The summed E-state index contributed by atoms with van der Waals surface area (Å²) in [4.78, 5) is 18.8. The third-order valence-corrected chi connectivity index (χ3v) is 5.49. The lowest BCUT2D eigenvalue weighted by Crippen LogP contribution is -2.35. The molecule has 0 aliphatic heterocycles. The summed E-state index contributed by atoms with van der Waals surface area (Å²) in [5.74, 6) is -0.746. The second-order valence-corrected chi connectivity index (χ2v) is 7.14. The predicted octanol–water partition coefficient (Wildman–Crippen LogP) is 3.55. The van der Waals surface area contributed by atoms with Crippen molar-refractivity contribution in [3.63, 3.8) is 0 Å². The van der Waals surface area contributed by atoms with Crippen LogP contribution in [0.25, 0.3) is 0 Å². The Morgan fingerprint density at radius 3 is 1.82 bits per heavy atom. The van der Waals surface area contributed by atoms with E-state index < -0.39 is 11.9 Å². The zero-order chi connectivity index (χ0) is 17.6. The molecule has 3 N–H and O–H groups in total. The number of aliphatic carboxylic acids is 2. The lowest BCUT2D eigenvalue weighted by Gasteiger charge is -2.36. The van der Waals surface area contributed by atoms with Gasteiger partial charge in [0.2, 0.25) is 0 Å². The van der Waals surface area contributed by atoms with Crippen LogP contribution in [0.4, 0.5) is 0 Å². The highest BCUT2D eigenvalue weighted by Gasteiger charge is 2.60. The Bertz CT molecular complexity index is 373. The molecule has 0 aromatic heterocycles.